The van der Waals surface area contributed by atoms with E-state index in [9.17, 15) is 18.0 Å². The number of piperidine rings is 1. The number of nitrogens with zero attached hydrogens (tertiary/aromatic N) is 2. The maximum atomic E-state index is 12.7. The van der Waals surface area contributed by atoms with Gasteiger partial charge >= 0.3 is 0 Å². The lowest BCUT2D eigenvalue weighted by atomic mass is 10.0. The summed E-state index contributed by atoms with van der Waals surface area (Å²) in [7, 11) is -3.57. The molecule has 0 radical (unpaired) electrons. The summed E-state index contributed by atoms with van der Waals surface area (Å²) in [6.07, 6.45) is 1.72. The van der Waals surface area contributed by atoms with Gasteiger partial charge in [0.1, 0.15) is 10.6 Å². The summed E-state index contributed by atoms with van der Waals surface area (Å²) in [6, 6.07) is 9.36. The van der Waals surface area contributed by atoms with Crippen LogP contribution in [-0.2, 0) is 26.0 Å². The summed E-state index contributed by atoms with van der Waals surface area (Å²) in [5, 5.41) is 0. The second-order valence-corrected chi connectivity index (χ2v) is 8.48. The molecule has 128 valence electrons. The molecule has 0 aliphatic carbocycles. The Morgan fingerprint density at radius 1 is 1.21 bits per heavy atom. The van der Waals surface area contributed by atoms with E-state index in [0.29, 0.717) is 13.1 Å². The summed E-state index contributed by atoms with van der Waals surface area (Å²) >= 11 is 0. The minimum atomic E-state index is -3.57. The molecule has 6 nitrogen and oxygen atoms in total. The lowest BCUT2D eigenvalue weighted by molar-refractivity contribution is -0.133. The Balaban J connectivity index is 1.89. The standard InChI is InChI=1S/C17H20N2O4S/c1-2-15(20)18-10-8-17(9-11-18)19(16(21)13-24(17,22)23)12-14-6-4-3-5-7-14/h2-7H,1,8-13H2. The lowest BCUT2D eigenvalue weighted by Gasteiger charge is -2.43. The predicted molar refractivity (Wildman–Crippen MR) is 89.5 cm³/mol. The molecule has 2 amide bonds. The van der Waals surface area contributed by atoms with Gasteiger partial charge in [-0.1, -0.05) is 36.9 Å². The third-order valence-corrected chi connectivity index (χ3v) is 7.31. The van der Waals surface area contributed by atoms with E-state index in [0.717, 1.165) is 5.56 Å². The monoisotopic (exact) mass is 348 g/mol. The average Bonchev–Trinajstić information content (AvgIpc) is 2.76. The van der Waals surface area contributed by atoms with Crippen LogP contribution in [0.25, 0.3) is 0 Å². The van der Waals surface area contributed by atoms with Gasteiger partial charge in [0.05, 0.1) is 0 Å². The van der Waals surface area contributed by atoms with Crippen molar-refractivity contribution in [2.24, 2.45) is 0 Å². The van der Waals surface area contributed by atoms with Gasteiger partial charge in [0.25, 0.3) is 0 Å². The maximum absolute atomic E-state index is 12.7. The fraction of sp³-hybridized carbons (Fsp3) is 0.412. The molecule has 7 heteroatoms. The van der Waals surface area contributed by atoms with E-state index >= 15 is 0 Å². The van der Waals surface area contributed by atoms with Gasteiger partial charge in [0, 0.05) is 32.5 Å². The van der Waals surface area contributed by atoms with E-state index in [-0.39, 0.29) is 31.2 Å². The summed E-state index contributed by atoms with van der Waals surface area (Å²) < 4.78 is 25.4. The molecule has 2 fully saturated rings. The van der Waals surface area contributed by atoms with Crippen molar-refractivity contribution in [1.82, 2.24) is 9.80 Å². The molecule has 0 aromatic heterocycles. The molecule has 2 heterocycles. The molecule has 24 heavy (non-hydrogen) atoms. The molecule has 0 bridgehead atoms. The smallest absolute Gasteiger partial charge is 0.245 e. The molecule has 1 spiro atoms. The summed E-state index contributed by atoms with van der Waals surface area (Å²) in [4.78, 5) is 26.0. The zero-order chi connectivity index (χ0) is 17.4. The molecule has 2 aliphatic heterocycles. The van der Waals surface area contributed by atoms with Crippen molar-refractivity contribution >= 4 is 21.7 Å². The first-order valence-corrected chi connectivity index (χ1v) is 9.53. The minimum Gasteiger partial charge on any atom is -0.339 e. The number of sulfone groups is 1. The SMILES string of the molecule is C=CC(=O)N1CCC2(CC1)N(Cc1ccccc1)C(=O)CS2(=O)=O. The van der Waals surface area contributed by atoms with Gasteiger partial charge in [-0.25, -0.2) is 8.42 Å². The van der Waals surface area contributed by atoms with Crippen LogP contribution < -0.4 is 0 Å². The normalized spacial score (nSPS) is 21.9. The molecule has 2 saturated heterocycles. The van der Waals surface area contributed by atoms with Crippen LogP contribution in [-0.4, -0.2) is 53.7 Å². The third-order valence-electron chi connectivity index (χ3n) is 4.90. The van der Waals surface area contributed by atoms with Gasteiger partial charge in [-0.05, 0) is 11.6 Å². The van der Waals surface area contributed by atoms with Crippen LogP contribution in [0.1, 0.15) is 18.4 Å². The molecule has 1 aromatic rings. The highest BCUT2D eigenvalue weighted by Crippen LogP contribution is 2.40. The Morgan fingerprint density at radius 2 is 1.83 bits per heavy atom. The summed E-state index contributed by atoms with van der Waals surface area (Å²) in [5.74, 6) is -1.02. The van der Waals surface area contributed by atoms with Crippen molar-refractivity contribution in [3.63, 3.8) is 0 Å². The van der Waals surface area contributed by atoms with E-state index in [4.69, 9.17) is 0 Å². The first-order chi connectivity index (χ1) is 11.4. The highest BCUT2D eigenvalue weighted by Gasteiger charge is 2.58. The van der Waals surface area contributed by atoms with Crippen molar-refractivity contribution in [1.29, 1.82) is 0 Å². The zero-order valence-electron chi connectivity index (χ0n) is 13.3. The fourth-order valence-electron chi connectivity index (χ4n) is 3.55. The van der Waals surface area contributed by atoms with Crippen molar-refractivity contribution in [3.05, 3.63) is 48.6 Å². The molecule has 1 aromatic carbocycles. The summed E-state index contributed by atoms with van der Waals surface area (Å²) in [5.41, 5.74) is 0.895. The second-order valence-electron chi connectivity index (χ2n) is 6.20. The van der Waals surface area contributed by atoms with Crippen LogP contribution in [0.2, 0.25) is 0 Å². The van der Waals surface area contributed by atoms with Gasteiger partial charge in [-0.2, -0.15) is 0 Å². The van der Waals surface area contributed by atoms with Gasteiger partial charge in [0.15, 0.2) is 9.84 Å². The average molecular weight is 348 g/mol. The van der Waals surface area contributed by atoms with Crippen LogP contribution in [0.4, 0.5) is 0 Å². The molecule has 3 rings (SSSR count). The highest BCUT2D eigenvalue weighted by atomic mass is 32.2. The van der Waals surface area contributed by atoms with E-state index < -0.39 is 20.5 Å². The Labute approximate surface area is 141 Å². The number of amides is 2. The van der Waals surface area contributed by atoms with Crippen molar-refractivity contribution < 1.29 is 18.0 Å². The summed E-state index contributed by atoms with van der Waals surface area (Å²) in [6.45, 7) is 4.35. The minimum absolute atomic E-state index is 0.207. The van der Waals surface area contributed by atoms with Crippen LogP contribution in [0.3, 0.4) is 0 Å². The van der Waals surface area contributed by atoms with Crippen LogP contribution in [0.15, 0.2) is 43.0 Å². The topological polar surface area (TPSA) is 74.8 Å². The molecular formula is C17H20N2O4S. The van der Waals surface area contributed by atoms with E-state index in [2.05, 4.69) is 6.58 Å². The van der Waals surface area contributed by atoms with Crippen molar-refractivity contribution in [2.45, 2.75) is 24.3 Å². The quantitative estimate of drug-likeness (QED) is 0.762. The maximum Gasteiger partial charge on any atom is 0.245 e. The number of benzene rings is 1. The Morgan fingerprint density at radius 3 is 2.42 bits per heavy atom. The van der Waals surface area contributed by atoms with Crippen molar-refractivity contribution in [2.75, 3.05) is 18.8 Å². The largest absolute Gasteiger partial charge is 0.339 e. The van der Waals surface area contributed by atoms with E-state index in [1.165, 1.54) is 11.0 Å². The van der Waals surface area contributed by atoms with Gasteiger partial charge < -0.3 is 9.80 Å². The van der Waals surface area contributed by atoms with E-state index in [1.807, 2.05) is 30.3 Å². The van der Waals surface area contributed by atoms with Gasteiger partial charge in [-0.15, -0.1) is 0 Å². The Bertz CT molecular complexity index is 765. The number of carbonyl (C=O) groups is 2. The molecular weight excluding hydrogens is 328 g/mol. The third kappa shape index (κ3) is 2.62. The number of hydrogen-bond acceptors (Lipinski definition) is 4. The van der Waals surface area contributed by atoms with Gasteiger partial charge in [-0.3, -0.25) is 9.59 Å². The number of hydrogen-bond donors (Lipinski definition) is 0. The van der Waals surface area contributed by atoms with Crippen LogP contribution >= 0.6 is 0 Å². The highest BCUT2D eigenvalue weighted by molar-refractivity contribution is 7.93. The van der Waals surface area contributed by atoms with Gasteiger partial charge in [0.2, 0.25) is 11.8 Å². The number of carbonyl (C=O) groups excluding carboxylic acids is 2. The molecule has 2 aliphatic rings. The first kappa shape index (κ1) is 16.7. The molecule has 0 atom stereocenters. The number of rotatable bonds is 3. The predicted octanol–water partition coefficient (Wildman–Crippen LogP) is 0.948. The Kier molecular flexibility index (Phi) is 4.21. The molecule has 0 N–H and O–H groups in total. The first-order valence-electron chi connectivity index (χ1n) is 7.88. The molecule has 0 saturated carbocycles. The van der Waals surface area contributed by atoms with E-state index in [1.54, 1.807) is 4.90 Å². The van der Waals surface area contributed by atoms with Crippen molar-refractivity contribution in [3.8, 4) is 0 Å². The number of likely N-dealkylation sites (tertiary alicyclic amines) is 1. The van der Waals surface area contributed by atoms with Crippen LogP contribution in [0, 0.1) is 0 Å². The van der Waals surface area contributed by atoms with Crippen LogP contribution in [0.5, 0.6) is 0 Å². The second kappa shape index (κ2) is 6.05. The molecule has 0 unspecified atom stereocenters. The fourth-order valence-corrected chi connectivity index (χ4v) is 5.61. The Hall–Kier alpha value is -2.15. The lowest BCUT2D eigenvalue weighted by Crippen LogP contribution is -2.56. The zero-order valence-corrected chi connectivity index (χ0v) is 14.2.